The fraction of sp³-hybridized carbons (Fsp3) is 0.857. The van der Waals surface area contributed by atoms with E-state index in [4.69, 9.17) is 10.5 Å². The molecule has 2 N–H and O–H groups in total. The summed E-state index contributed by atoms with van der Waals surface area (Å²) < 4.78 is 9.56. The second kappa shape index (κ2) is 2.79. The van der Waals surface area contributed by atoms with Gasteiger partial charge in [-0.3, -0.25) is 4.79 Å². The van der Waals surface area contributed by atoms with Crippen molar-refractivity contribution in [3.63, 3.8) is 0 Å². The van der Waals surface area contributed by atoms with Crippen molar-refractivity contribution in [1.29, 1.82) is 0 Å². The first-order chi connectivity index (χ1) is 5.13. The van der Waals surface area contributed by atoms with Crippen molar-refractivity contribution in [1.82, 2.24) is 0 Å². The zero-order valence-electron chi connectivity index (χ0n) is 6.79. The zero-order chi connectivity index (χ0) is 8.48. The van der Waals surface area contributed by atoms with Crippen LogP contribution in [-0.4, -0.2) is 32.3 Å². The standard InChI is InChI=1S/C7H13NO3/c1-5(8)7(3-11-4-7)6(9)10-2/h5H,3-4,8H2,1-2H3. The van der Waals surface area contributed by atoms with E-state index >= 15 is 0 Å². The van der Waals surface area contributed by atoms with E-state index in [2.05, 4.69) is 4.74 Å². The number of carbonyl (C=O) groups is 1. The van der Waals surface area contributed by atoms with Gasteiger partial charge in [-0.15, -0.1) is 0 Å². The Hall–Kier alpha value is -0.610. The van der Waals surface area contributed by atoms with Crippen LogP contribution in [0.2, 0.25) is 0 Å². The highest BCUT2D eigenvalue weighted by Gasteiger charge is 2.50. The summed E-state index contributed by atoms with van der Waals surface area (Å²) in [5.41, 5.74) is 5.05. The van der Waals surface area contributed by atoms with E-state index in [1.165, 1.54) is 7.11 Å². The highest BCUT2D eigenvalue weighted by Crippen LogP contribution is 2.31. The first-order valence-electron chi connectivity index (χ1n) is 3.55. The smallest absolute Gasteiger partial charge is 0.318 e. The maximum Gasteiger partial charge on any atom is 0.318 e. The molecule has 0 spiro atoms. The van der Waals surface area contributed by atoms with Gasteiger partial charge >= 0.3 is 5.97 Å². The maximum atomic E-state index is 11.2. The lowest BCUT2D eigenvalue weighted by Crippen LogP contribution is -2.59. The van der Waals surface area contributed by atoms with Crippen LogP contribution in [0.15, 0.2) is 0 Å². The molecule has 11 heavy (non-hydrogen) atoms. The highest BCUT2D eigenvalue weighted by atomic mass is 16.5. The lowest BCUT2D eigenvalue weighted by molar-refractivity contribution is -0.186. The van der Waals surface area contributed by atoms with Gasteiger partial charge in [-0.05, 0) is 6.92 Å². The molecule has 0 aliphatic carbocycles. The van der Waals surface area contributed by atoms with Gasteiger partial charge < -0.3 is 15.2 Å². The van der Waals surface area contributed by atoms with Crippen molar-refractivity contribution in [2.24, 2.45) is 11.1 Å². The van der Waals surface area contributed by atoms with Gasteiger partial charge in [0.15, 0.2) is 0 Å². The third-order valence-corrected chi connectivity index (χ3v) is 2.18. The molecule has 1 fully saturated rings. The Morgan fingerprint density at radius 1 is 1.73 bits per heavy atom. The van der Waals surface area contributed by atoms with E-state index in [-0.39, 0.29) is 12.0 Å². The summed E-state index contributed by atoms with van der Waals surface area (Å²) in [7, 11) is 1.37. The second-order valence-corrected chi connectivity index (χ2v) is 2.93. The van der Waals surface area contributed by atoms with Gasteiger partial charge in [0, 0.05) is 6.04 Å². The van der Waals surface area contributed by atoms with Gasteiger partial charge in [-0.2, -0.15) is 0 Å². The average molecular weight is 159 g/mol. The number of carbonyl (C=O) groups excluding carboxylic acids is 1. The Kier molecular flexibility index (Phi) is 2.15. The largest absolute Gasteiger partial charge is 0.468 e. The molecule has 4 heteroatoms. The number of ether oxygens (including phenoxy) is 2. The molecule has 0 amide bonds. The molecule has 0 aromatic heterocycles. The Morgan fingerprint density at radius 3 is 2.36 bits per heavy atom. The highest BCUT2D eigenvalue weighted by molar-refractivity contribution is 5.78. The van der Waals surface area contributed by atoms with Gasteiger partial charge in [-0.25, -0.2) is 0 Å². The minimum atomic E-state index is -0.575. The first-order valence-corrected chi connectivity index (χ1v) is 3.55. The van der Waals surface area contributed by atoms with Crippen molar-refractivity contribution < 1.29 is 14.3 Å². The van der Waals surface area contributed by atoms with E-state index in [1.54, 1.807) is 6.92 Å². The van der Waals surface area contributed by atoms with Crippen LogP contribution in [0, 0.1) is 5.41 Å². The van der Waals surface area contributed by atoms with Crippen LogP contribution in [0.25, 0.3) is 0 Å². The van der Waals surface area contributed by atoms with Crippen molar-refractivity contribution >= 4 is 5.97 Å². The minimum Gasteiger partial charge on any atom is -0.468 e. The van der Waals surface area contributed by atoms with Crippen LogP contribution < -0.4 is 5.73 Å². The molecule has 1 atom stereocenters. The first kappa shape index (κ1) is 8.49. The molecule has 0 aromatic carbocycles. The van der Waals surface area contributed by atoms with Crippen LogP contribution in [0.1, 0.15) is 6.92 Å². The van der Waals surface area contributed by atoms with Crippen LogP contribution in [0.3, 0.4) is 0 Å². The molecule has 0 bridgehead atoms. The van der Waals surface area contributed by atoms with Crippen LogP contribution >= 0.6 is 0 Å². The van der Waals surface area contributed by atoms with Gasteiger partial charge in [0.05, 0.1) is 20.3 Å². The molecule has 0 radical (unpaired) electrons. The van der Waals surface area contributed by atoms with Crippen molar-refractivity contribution in [3.05, 3.63) is 0 Å². The summed E-state index contributed by atoms with van der Waals surface area (Å²) in [6.07, 6.45) is 0. The maximum absolute atomic E-state index is 11.2. The predicted octanol–water partition coefficient (Wildman–Crippen LogP) is -0.477. The molecule has 1 rings (SSSR count). The lowest BCUT2D eigenvalue weighted by Gasteiger charge is -2.41. The molecular weight excluding hydrogens is 146 g/mol. The molecule has 1 aliphatic heterocycles. The summed E-state index contributed by atoms with van der Waals surface area (Å²) in [6.45, 7) is 2.56. The molecular formula is C7H13NO3. The number of methoxy groups -OCH3 is 1. The summed E-state index contributed by atoms with van der Waals surface area (Å²) >= 11 is 0. The van der Waals surface area contributed by atoms with Crippen molar-refractivity contribution in [2.75, 3.05) is 20.3 Å². The molecule has 0 saturated carbocycles. The van der Waals surface area contributed by atoms with Gasteiger partial charge in [-0.1, -0.05) is 0 Å². The van der Waals surface area contributed by atoms with Crippen LogP contribution in [0.5, 0.6) is 0 Å². The molecule has 0 aromatic rings. The van der Waals surface area contributed by atoms with E-state index in [0.29, 0.717) is 13.2 Å². The summed E-state index contributed by atoms with van der Waals surface area (Å²) in [6, 6.07) is -0.205. The summed E-state index contributed by atoms with van der Waals surface area (Å²) in [5, 5.41) is 0. The Morgan fingerprint density at radius 2 is 2.27 bits per heavy atom. The SMILES string of the molecule is COC(=O)C1(C(C)N)COC1. The molecule has 64 valence electrons. The lowest BCUT2D eigenvalue weighted by atomic mass is 9.79. The summed E-state index contributed by atoms with van der Waals surface area (Å²) in [4.78, 5) is 11.2. The number of hydrogen-bond donors (Lipinski definition) is 1. The van der Waals surface area contributed by atoms with Crippen LogP contribution in [0.4, 0.5) is 0 Å². The van der Waals surface area contributed by atoms with Gasteiger partial charge in [0.2, 0.25) is 0 Å². The van der Waals surface area contributed by atoms with Crippen molar-refractivity contribution in [3.8, 4) is 0 Å². The molecule has 1 saturated heterocycles. The monoisotopic (exact) mass is 159 g/mol. The fourth-order valence-electron chi connectivity index (χ4n) is 1.09. The van der Waals surface area contributed by atoms with Gasteiger partial charge in [0.1, 0.15) is 5.41 Å². The normalized spacial score (nSPS) is 23.5. The van der Waals surface area contributed by atoms with E-state index < -0.39 is 5.41 Å². The Labute approximate surface area is 65.7 Å². The Bertz CT molecular complexity index is 163. The van der Waals surface area contributed by atoms with Gasteiger partial charge in [0.25, 0.3) is 0 Å². The molecule has 1 aliphatic rings. The number of esters is 1. The third-order valence-electron chi connectivity index (χ3n) is 2.18. The molecule has 1 unspecified atom stereocenters. The second-order valence-electron chi connectivity index (χ2n) is 2.93. The topological polar surface area (TPSA) is 61.5 Å². The fourth-order valence-corrected chi connectivity index (χ4v) is 1.09. The number of nitrogens with two attached hydrogens (primary N) is 1. The molecule has 4 nitrogen and oxygen atoms in total. The number of rotatable bonds is 2. The Balaban J connectivity index is 2.67. The minimum absolute atomic E-state index is 0.205. The van der Waals surface area contributed by atoms with E-state index in [0.717, 1.165) is 0 Å². The third kappa shape index (κ3) is 1.12. The average Bonchev–Trinajstić information content (AvgIpc) is 1.84. The van der Waals surface area contributed by atoms with E-state index in [1.807, 2.05) is 0 Å². The zero-order valence-corrected chi connectivity index (χ0v) is 6.79. The van der Waals surface area contributed by atoms with E-state index in [9.17, 15) is 4.79 Å². The van der Waals surface area contributed by atoms with Crippen molar-refractivity contribution in [2.45, 2.75) is 13.0 Å². The summed E-state index contributed by atoms with van der Waals surface area (Å²) in [5.74, 6) is -0.265. The van der Waals surface area contributed by atoms with Crippen LogP contribution in [-0.2, 0) is 14.3 Å². The predicted molar refractivity (Wildman–Crippen MR) is 38.9 cm³/mol. The molecule has 1 heterocycles. The number of hydrogen-bond acceptors (Lipinski definition) is 4. The quantitative estimate of drug-likeness (QED) is 0.553.